The third-order valence-electron chi connectivity index (χ3n) is 2.05. The van der Waals surface area contributed by atoms with Crippen LogP contribution in [-0.4, -0.2) is 16.4 Å². The molecule has 1 aromatic rings. The molecule has 0 aromatic carbocycles. The van der Waals surface area contributed by atoms with Crippen molar-refractivity contribution in [2.24, 2.45) is 4.99 Å². The van der Waals surface area contributed by atoms with Crippen LogP contribution < -0.4 is 10.6 Å². The lowest BCUT2D eigenvalue weighted by atomic mass is 10.3. The zero-order valence-corrected chi connectivity index (χ0v) is 7.26. The fourth-order valence-electron chi connectivity index (χ4n) is 1.48. The SMILES string of the molecule is CC1=c2c(C)n[nH]c2=CCC=N1. The van der Waals surface area contributed by atoms with Crippen LogP contribution in [0.1, 0.15) is 19.0 Å². The van der Waals surface area contributed by atoms with Crippen LogP contribution in [0.5, 0.6) is 0 Å². The van der Waals surface area contributed by atoms with Gasteiger partial charge in [0.05, 0.1) is 11.0 Å². The summed E-state index contributed by atoms with van der Waals surface area (Å²) in [6.45, 7) is 4.00. The van der Waals surface area contributed by atoms with E-state index >= 15 is 0 Å². The third kappa shape index (κ3) is 0.978. The molecular formula is C9H11N3. The highest BCUT2D eigenvalue weighted by molar-refractivity contribution is 5.71. The molecule has 1 aliphatic heterocycles. The average molecular weight is 161 g/mol. The highest BCUT2D eigenvalue weighted by Crippen LogP contribution is 1.94. The number of nitrogens with one attached hydrogen (secondary N) is 1. The molecule has 0 unspecified atom stereocenters. The minimum atomic E-state index is 0.881. The molecule has 0 aliphatic carbocycles. The number of nitrogens with zero attached hydrogens (tertiary/aromatic N) is 2. The minimum absolute atomic E-state index is 0.881. The maximum atomic E-state index is 4.30. The molecule has 0 radical (unpaired) electrons. The zero-order chi connectivity index (χ0) is 8.55. The standard InChI is InChI=1S/C9H11N3/c1-6-9-7(2)11-12-8(9)4-3-5-10-6/h4-5,12H,3H2,1-2H3. The first-order chi connectivity index (χ1) is 5.79. The molecule has 0 fully saturated rings. The van der Waals surface area contributed by atoms with Crippen LogP contribution in [0.4, 0.5) is 0 Å². The van der Waals surface area contributed by atoms with Gasteiger partial charge in [-0.2, -0.15) is 5.10 Å². The molecule has 1 aromatic heterocycles. The molecule has 0 saturated carbocycles. The number of H-pyrrole nitrogens is 1. The summed E-state index contributed by atoms with van der Waals surface area (Å²) in [5.74, 6) is 0. The van der Waals surface area contributed by atoms with E-state index in [0.29, 0.717) is 0 Å². The topological polar surface area (TPSA) is 41.0 Å². The number of aryl methyl sites for hydroxylation is 1. The number of aliphatic imine (C=N–C) groups is 1. The lowest BCUT2D eigenvalue weighted by Crippen LogP contribution is -2.25. The third-order valence-corrected chi connectivity index (χ3v) is 2.05. The molecule has 1 N–H and O–H groups in total. The molecule has 0 amide bonds. The Bertz CT molecular complexity index is 437. The molecule has 0 saturated heterocycles. The summed E-state index contributed by atoms with van der Waals surface area (Å²) in [5.41, 5.74) is 2.07. The minimum Gasteiger partial charge on any atom is -0.278 e. The largest absolute Gasteiger partial charge is 0.278 e. The second-order valence-electron chi connectivity index (χ2n) is 2.93. The average Bonchev–Trinajstić information content (AvgIpc) is 2.29. The number of fused-ring (bicyclic) bond motifs is 1. The van der Waals surface area contributed by atoms with Gasteiger partial charge in [0.2, 0.25) is 0 Å². The van der Waals surface area contributed by atoms with Gasteiger partial charge in [0, 0.05) is 23.6 Å². The molecule has 0 spiro atoms. The van der Waals surface area contributed by atoms with Gasteiger partial charge in [-0.05, 0) is 13.8 Å². The van der Waals surface area contributed by atoms with Gasteiger partial charge in [-0.1, -0.05) is 6.08 Å². The van der Waals surface area contributed by atoms with Crippen LogP contribution in [0.2, 0.25) is 0 Å². The second-order valence-corrected chi connectivity index (χ2v) is 2.93. The Balaban J connectivity index is 2.94. The highest BCUT2D eigenvalue weighted by Gasteiger charge is 2.00. The Labute approximate surface area is 70.5 Å². The zero-order valence-electron chi connectivity index (χ0n) is 7.26. The predicted molar refractivity (Wildman–Crippen MR) is 49.2 cm³/mol. The molecule has 12 heavy (non-hydrogen) atoms. The lowest BCUT2D eigenvalue weighted by molar-refractivity contribution is 1.02. The van der Waals surface area contributed by atoms with Crippen molar-refractivity contribution < 1.29 is 0 Å². The second kappa shape index (κ2) is 2.59. The van der Waals surface area contributed by atoms with E-state index in [-0.39, 0.29) is 0 Å². The van der Waals surface area contributed by atoms with Gasteiger partial charge in [0.25, 0.3) is 0 Å². The predicted octanol–water partition coefficient (Wildman–Crippen LogP) is 0.101. The summed E-state index contributed by atoms with van der Waals surface area (Å²) in [7, 11) is 0. The summed E-state index contributed by atoms with van der Waals surface area (Å²) in [6, 6.07) is 0. The number of hydrogen-bond acceptors (Lipinski definition) is 2. The monoisotopic (exact) mass is 161 g/mol. The molecule has 3 heteroatoms. The Kier molecular flexibility index (Phi) is 1.57. The van der Waals surface area contributed by atoms with Crippen LogP contribution in [0.3, 0.4) is 0 Å². The van der Waals surface area contributed by atoms with E-state index in [1.54, 1.807) is 0 Å². The van der Waals surface area contributed by atoms with Crippen molar-refractivity contribution in [3.63, 3.8) is 0 Å². The van der Waals surface area contributed by atoms with Gasteiger partial charge in [0.1, 0.15) is 0 Å². The van der Waals surface area contributed by atoms with Crippen molar-refractivity contribution >= 4 is 18.0 Å². The molecule has 2 rings (SSSR count). The van der Waals surface area contributed by atoms with Gasteiger partial charge >= 0.3 is 0 Å². The molecule has 2 heterocycles. The van der Waals surface area contributed by atoms with Crippen LogP contribution >= 0.6 is 0 Å². The summed E-state index contributed by atoms with van der Waals surface area (Å²) in [6.07, 6.45) is 4.91. The number of rotatable bonds is 0. The van der Waals surface area contributed by atoms with Crippen molar-refractivity contribution in [1.29, 1.82) is 0 Å². The van der Waals surface area contributed by atoms with E-state index in [1.807, 2.05) is 20.1 Å². The van der Waals surface area contributed by atoms with E-state index in [0.717, 1.165) is 28.4 Å². The van der Waals surface area contributed by atoms with E-state index in [9.17, 15) is 0 Å². The smallest absolute Gasteiger partial charge is 0.0688 e. The van der Waals surface area contributed by atoms with Crippen molar-refractivity contribution in [3.05, 3.63) is 16.3 Å². The first kappa shape index (κ1) is 7.28. The first-order valence-corrected chi connectivity index (χ1v) is 4.03. The number of hydrogen-bond donors (Lipinski definition) is 1. The molecule has 62 valence electrons. The maximum Gasteiger partial charge on any atom is 0.0688 e. The molecule has 0 bridgehead atoms. The van der Waals surface area contributed by atoms with E-state index in [4.69, 9.17) is 0 Å². The van der Waals surface area contributed by atoms with Crippen molar-refractivity contribution in [2.75, 3.05) is 0 Å². The van der Waals surface area contributed by atoms with E-state index < -0.39 is 0 Å². The Morgan fingerprint density at radius 3 is 3.08 bits per heavy atom. The molecule has 1 aliphatic rings. The van der Waals surface area contributed by atoms with E-state index in [2.05, 4.69) is 21.3 Å². The summed E-state index contributed by atoms with van der Waals surface area (Å²) < 4.78 is 0. The van der Waals surface area contributed by atoms with Crippen LogP contribution in [0.15, 0.2) is 4.99 Å². The number of aromatic nitrogens is 2. The summed E-state index contributed by atoms with van der Waals surface area (Å²) in [5, 5.41) is 9.39. The Morgan fingerprint density at radius 2 is 2.25 bits per heavy atom. The molecular weight excluding hydrogens is 150 g/mol. The quantitative estimate of drug-likeness (QED) is 0.576. The van der Waals surface area contributed by atoms with Crippen LogP contribution in [0.25, 0.3) is 11.8 Å². The highest BCUT2D eigenvalue weighted by atomic mass is 15.1. The normalized spacial score (nSPS) is 15.3. The van der Waals surface area contributed by atoms with Crippen LogP contribution in [0, 0.1) is 6.92 Å². The van der Waals surface area contributed by atoms with Gasteiger partial charge in [0.15, 0.2) is 0 Å². The van der Waals surface area contributed by atoms with Gasteiger partial charge in [-0.25, -0.2) is 0 Å². The van der Waals surface area contributed by atoms with Crippen molar-refractivity contribution in [3.8, 4) is 0 Å². The number of aromatic amines is 1. The fourth-order valence-corrected chi connectivity index (χ4v) is 1.48. The summed E-state index contributed by atoms with van der Waals surface area (Å²) in [4.78, 5) is 4.30. The van der Waals surface area contributed by atoms with Gasteiger partial charge in [-0.15, -0.1) is 0 Å². The Hall–Kier alpha value is -1.38. The lowest BCUT2D eigenvalue weighted by Gasteiger charge is -1.87. The first-order valence-electron chi connectivity index (χ1n) is 4.03. The van der Waals surface area contributed by atoms with Crippen LogP contribution in [-0.2, 0) is 0 Å². The molecule has 0 atom stereocenters. The fraction of sp³-hybridized carbons (Fsp3) is 0.333. The van der Waals surface area contributed by atoms with Gasteiger partial charge < -0.3 is 0 Å². The maximum absolute atomic E-state index is 4.30. The van der Waals surface area contributed by atoms with Crippen molar-refractivity contribution in [2.45, 2.75) is 20.3 Å². The van der Waals surface area contributed by atoms with Gasteiger partial charge in [-0.3, -0.25) is 10.1 Å². The molecule has 3 nitrogen and oxygen atoms in total. The van der Waals surface area contributed by atoms with E-state index in [1.165, 1.54) is 0 Å². The Morgan fingerprint density at radius 1 is 1.42 bits per heavy atom. The summed E-state index contributed by atoms with van der Waals surface area (Å²) >= 11 is 0. The van der Waals surface area contributed by atoms with Crippen molar-refractivity contribution in [1.82, 2.24) is 10.2 Å².